The molecule has 0 aromatic carbocycles. The first kappa shape index (κ1) is 10.1. The Morgan fingerprint density at radius 2 is 2.33 bits per heavy atom. The van der Waals surface area contributed by atoms with Gasteiger partial charge in [0.2, 0.25) is 0 Å². The van der Waals surface area contributed by atoms with Crippen LogP contribution in [-0.4, -0.2) is 10.8 Å². The summed E-state index contributed by atoms with van der Waals surface area (Å²) in [4.78, 5) is 17.0. The number of pyridine rings is 1. The number of aromatic nitrogens is 1. The molecule has 0 N–H and O–H groups in total. The smallest absolute Gasteiger partial charge is 0.168 e. The van der Waals surface area contributed by atoms with Gasteiger partial charge in [0.15, 0.2) is 5.78 Å². The van der Waals surface area contributed by atoms with Crippen molar-refractivity contribution in [3.63, 3.8) is 0 Å². The molecule has 0 spiro atoms. The number of Topliss-reactive ketones (excluding diaryl/α,β-unsaturated/α-hetero) is 1. The van der Waals surface area contributed by atoms with Gasteiger partial charge in [0.25, 0.3) is 0 Å². The highest BCUT2D eigenvalue weighted by Gasteiger charge is 2.10. The van der Waals surface area contributed by atoms with E-state index in [0.717, 1.165) is 16.0 Å². The summed E-state index contributed by atoms with van der Waals surface area (Å²) in [5, 5.41) is 1.95. The highest BCUT2D eigenvalue weighted by molar-refractivity contribution is 7.10. The molecule has 0 aliphatic rings. The zero-order valence-electron chi connectivity index (χ0n) is 8.43. The molecule has 2 nitrogen and oxygen atoms in total. The second-order valence-corrected chi connectivity index (χ2v) is 4.47. The van der Waals surface area contributed by atoms with E-state index in [1.54, 1.807) is 23.7 Å². The summed E-state index contributed by atoms with van der Waals surface area (Å²) in [6.45, 7) is 1.97. The summed E-state index contributed by atoms with van der Waals surface area (Å²) in [6.07, 6.45) is 3.88. The van der Waals surface area contributed by atoms with E-state index in [1.807, 2.05) is 30.5 Å². The Hall–Kier alpha value is -1.48. The van der Waals surface area contributed by atoms with E-state index in [1.165, 1.54) is 0 Å². The maximum atomic E-state index is 11.9. The van der Waals surface area contributed by atoms with Crippen LogP contribution in [0, 0.1) is 6.92 Å². The van der Waals surface area contributed by atoms with Crippen LogP contribution in [0.5, 0.6) is 0 Å². The molecule has 0 radical (unpaired) electrons. The number of hydrogen-bond acceptors (Lipinski definition) is 3. The SMILES string of the molecule is Cc1sccc1C(=O)Cc1cccnc1. The van der Waals surface area contributed by atoms with Gasteiger partial charge in [-0.3, -0.25) is 9.78 Å². The maximum Gasteiger partial charge on any atom is 0.168 e. The Labute approximate surface area is 92.6 Å². The van der Waals surface area contributed by atoms with E-state index in [-0.39, 0.29) is 5.78 Å². The molecule has 0 unspecified atom stereocenters. The standard InChI is InChI=1S/C12H11NOS/c1-9-11(4-6-15-9)12(14)7-10-3-2-5-13-8-10/h2-6,8H,7H2,1H3. The number of ketones is 1. The molecule has 2 heterocycles. The fourth-order valence-electron chi connectivity index (χ4n) is 1.46. The molecule has 2 aromatic heterocycles. The van der Waals surface area contributed by atoms with Gasteiger partial charge in [-0.1, -0.05) is 6.07 Å². The van der Waals surface area contributed by atoms with Crippen molar-refractivity contribution in [2.45, 2.75) is 13.3 Å². The first-order chi connectivity index (χ1) is 7.27. The fourth-order valence-corrected chi connectivity index (χ4v) is 2.17. The van der Waals surface area contributed by atoms with Crippen molar-refractivity contribution < 1.29 is 4.79 Å². The first-order valence-corrected chi connectivity index (χ1v) is 5.61. The Kier molecular flexibility index (Phi) is 2.92. The lowest BCUT2D eigenvalue weighted by Gasteiger charge is -1.99. The van der Waals surface area contributed by atoms with Crippen LogP contribution in [0.1, 0.15) is 20.8 Å². The Morgan fingerprint density at radius 3 is 2.93 bits per heavy atom. The predicted molar refractivity (Wildman–Crippen MR) is 61.3 cm³/mol. The van der Waals surface area contributed by atoms with Crippen LogP contribution in [0.4, 0.5) is 0 Å². The van der Waals surface area contributed by atoms with Gasteiger partial charge in [-0.15, -0.1) is 11.3 Å². The van der Waals surface area contributed by atoms with Crippen molar-refractivity contribution >= 4 is 17.1 Å². The average molecular weight is 217 g/mol. The van der Waals surface area contributed by atoms with Crippen LogP contribution in [-0.2, 0) is 6.42 Å². The Balaban J connectivity index is 2.15. The van der Waals surface area contributed by atoms with Crippen LogP contribution in [0.2, 0.25) is 0 Å². The number of carbonyl (C=O) groups is 1. The molecule has 0 saturated carbocycles. The summed E-state index contributed by atoms with van der Waals surface area (Å²) in [5.74, 6) is 0.168. The number of carbonyl (C=O) groups excluding carboxylic acids is 1. The van der Waals surface area contributed by atoms with Crippen molar-refractivity contribution in [1.82, 2.24) is 4.98 Å². The lowest BCUT2D eigenvalue weighted by Crippen LogP contribution is -2.03. The van der Waals surface area contributed by atoms with Crippen LogP contribution in [0.3, 0.4) is 0 Å². The maximum absolute atomic E-state index is 11.9. The van der Waals surface area contributed by atoms with Crippen LogP contribution < -0.4 is 0 Å². The molecular weight excluding hydrogens is 206 g/mol. The van der Waals surface area contributed by atoms with Crippen molar-refractivity contribution in [3.8, 4) is 0 Å². The minimum absolute atomic E-state index is 0.168. The molecule has 0 aliphatic carbocycles. The molecule has 15 heavy (non-hydrogen) atoms. The van der Waals surface area contributed by atoms with Crippen molar-refractivity contribution in [1.29, 1.82) is 0 Å². The number of rotatable bonds is 3. The molecule has 0 fully saturated rings. The monoisotopic (exact) mass is 217 g/mol. The van der Waals surface area contributed by atoms with Gasteiger partial charge >= 0.3 is 0 Å². The van der Waals surface area contributed by atoms with E-state index in [4.69, 9.17) is 0 Å². The van der Waals surface area contributed by atoms with E-state index < -0.39 is 0 Å². The Bertz CT molecular complexity index is 461. The summed E-state index contributed by atoms with van der Waals surface area (Å²) in [7, 11) is 0. The summed E-state index contributed by atoms with van der Waals surface area (Å²) < 4.78 is 0. The fraction of sp³-hybridized carbons (Fsp3) is 0.167. The highest BCUT2D eigenvalue weighted by Crippen LogP contribution is 2.17. The Morgan fingerprint density at radius 1 is 1.47 bits per heavy atom. The number of hydrogen-bond donors (Lipinski definition) is 0. The summed E-state index contributed by atoms with van der Waals surface area (Å²) >= 11 is 1.61. The van der Waals surface area contributed by atoms with Gasteiger partial charge < -0.3 is 0 Å². The second-order valence-electron chi connectivity index (χ2n) is 3.35. The molecule has 0 atom stereocenters. The minimum Gasteiger partial charge on any atom is -0.294 e. The van der Waals surface area contributed by atoms with Crippen LogP contribution >= 0.6 is 11.3 Å². The average Bonchev–Trinajstić information content (AvgIpc) is 2.66. The van der Waals surface area contributed by atoms with Gasteiger partial charge in [-0.2, -0.15) is 0 Å². The number of thiophene rings is 1. The number of nitrogens with zero attached hydrogens (tertiary/aromatic N) is 1. The third-order valence-corrected chi connectivity index (χ3v) is 3.09. The second kappa shape index (κ2) is 4.36. The predicted octanol–water partition coefficient (Wildman–Crippen LogP) is 2.88. The van der Waals surface area contributed by atoms with Crippen molar-refractivity contribution in [2.24, 2.45) is 0 Å². The van der Waals surface area contributed by atoms with Crippen LogP contribution in [0.15, 0.2) is 36.0 Å². The zero-order chi connectivity index (χ0) is 10.7. The number of aryl methyl sites for hydroxylation is 1. The van der Waals surface area contributed by atoms with E-state index in [0.29, 0.717) is 6.42 Å². The molecule has 2 aromatic rings. The molecule has 0 bridgehead atoms. The van der Waals surface area contributed by atoms with E-state index >= 15 is 0 Å². The lowest BCUT2D eigenvalue weighted by atomic mass is 10.1. The molecule has 3 heteroatoms. The molecule has 0 aliphatic heterocycles. The normalized spacial score (nSPS) is 10.2. The van der Waals surface area contributed by atoms with Gasteiger partial charge in [0.05, 0.1) is 0 Å². The first-order valence-electron chi connectivity index (χ1n) is 4.73. The lowest BCUT2D eigenvalue weighted by molar-refractivity contribution is 0.0993. The molecule has 0 amide bonds. The van der Waals surface area contributed by atoms with Crippen molar-refractivity contribution in [3.05, 3.63) is 52.0 Å². The zero-order valence-corrected chi connectivity index (χ0v) is 9.25. The topological polar surface area (TPSA) is 30.0 Å². The molecule has 0 saturated heterocycles. The largest absolute Gasteiger partial charge is 0.294 e. The van der Waals surface area contributed by atoms with Gasteiger partial charge in [-0.05, 0) is 30.0 Å². The van der Waals surface area contributed by atoms with Gasteiger partial charge in [0, 0.05) is 29.3 Å². The molecule has 76 valence electrons. The molecule has 2 rings (SSSR count). The molecular formula is C12H11NOS. The van der Waals surface area contributed by atoms with Crippen LogP contribution in [0.25, 0.3) is 0 Å². The van der Waals surface area contributed by atoms with E-state index in [2.05, 4.69) is 4.98 Å². The van der Waals surface area contributed by atoms with Gasteiger partial charge in [-0.25, -0.2) is 0 Å². The van der Waals surface area contributed by atoms with Gasteiger partial charge in [0.1, 0.15) is 0 Å². The third kappa shape index (κ3) is 2.30. The quantitative estimate of drug-likeness (QED) is 0.740. The van der Waals surface area contributed by atoms with Crippen molar-refractivity contribution in [2.75, 3.05) is 0 Å². The van der Waals surface area contributed by atoms with E-state index in [9.17, 15) is 4.79 Å². The third-order valence-electron chi connectivity index (χ3n) is 2.25. The summed E-state index contributed by atoms with van der Waals surface area (Å²) in [5.41, 5.74) is 1.80. The highest BCUT2D eigenvalue weighted by atomic mass is 32.1. The summed E-state index contributed by atoms with van der Waals surface area (Å²) in [6, 6.07) is 5.66. The minimum atomic E-state index is 0.168.